The van der Waals surface area contributed by atoms with E-state index in [0.717, 1.165) is 30.4 Å². The van der Waals surface area contributed by atoms with Gasteiger partial charge in [0.25, 0.3) is 0 Å². The highest BCUT2D eigenvalue weighted by Crippen LogP contribution is 2.21. The second-order valence-electron chi connectivity index (χ2n) is 4.16. The second-order valence-corrected chi connectivity index (χ2v) is 4.51. The maximum Gasteiger partial charge on any atom is 0.144 e. The summed E-state index contributed by atoms with van der Waals surface area (Å²) in [5.41, 5.74) is 0.859. The van der Waals surface area contributed by atoms with E-state index in [1.807, 2.05) is 12.3 Å². The van der Waals surface area contributed by atoms with E-state index in [1.165, 1.54) is 6.33 Å². The van der Waals surface area contributed by atoms with Crippen LogP contribution in [0.5, 0.6) is 0 Å². The Labute approximate surface area is 105 Å². The average Bonchev–Trinajstić information content (AvgIpc) is 2.75. The summed E-state index contributed by atoms with van der Waals surface area (Å²) < 4.78 is 2.06. The van der Waals surface area contributed by atoms with E-state index in [9.17, 15) is 0 Å². The molecule has 0 aliphatic carbocycles. The van der Waals surface area contributed by atoms with Crippen LogP contribution < -0.4 is 0 Å². The third-order valence-corrected chi connectivity index (χ3v) is 3.42. The van der Waals surface area contributed by atoms with E-state index < -0.39 is 0 Å². The summed E-state index contributed by atoms with van der Waals surface area (Å²) in [6.45, 7) is 3.18. The molecule has 0 bridgehead atoms. The highest BCUT2D eigenvalue weighted by atomic mass is 35.5. The van der Waals surface area contributed by atoms with Crippen LogP contribution >= 0.6 is 11.6 Å². The number of aryl methyl sites for hydroxylation is 1. The SMILES string of the molecule is CCC(CO)CCn1ccc2c(Cl)ncnc21. The first kappa shape index (κ1) is 12.3. The number of nitrogens with zero attached hydrogens (tertiary/aromatic N) is 3. The van der Waals surface area contributed by atoms with Crippen LogP contribution in [-0.2, 0) is 6.54 Å². The van der Waals surface area contributed by atoms with E-state index in [-0.39, 0.29) is 6.61 Å². The maximum absolute atomic E-state index is 9.16. The molecule has 0 aliphatic rings. The Morgan fingerprint density at radius 1 is 1.47 bits per heavy atom. The van der Waals surface area contributed by atoms with Gasteiger partial charge < -0.3 is 9.67 Å². The van der Waals surface area contributed by atoms with Crippen LogP contribution in [0.25, 0.3) is 11.0 Å². The fraction of sp³-hybridized carbons (Fsp3) is 0.500. The van der Waals surface area contributed by atoms with Crippen molar-refractivity contribution in [1.82, 2.24) is 14.5 Å². The quantitative estimate of drug-likeness (QED) is 0.833. The Bertz CT molecular complexity index is 493. The molecule has 5 heteroatoms. The minimum absolute atomic E-state index is 0.242. The van der Waals surface area contributed by atoms with Crippen molar-refractivity contribution in [3.63, 3.8) is 0 Å². The van der Waals surface area contributed by atoms with Crippen molar-refractivity contribution in [2.75, 3.05) is 6.61 Å². The third-order valence-electron chi connectivity index (χ3n) is 3.12. The number of aromatic nitrogens is 3. The molecular formula is C12H16ClN3O. The Balaban J connectivity index is 2.17. The number of hydrogen-bond donors (Lipinski definition) is 1. The molecule has 2 aromatic heterocycles. The Kier molecular flexibility index (Phi) is 3.97. The maximum atomic E-state index is 9.16. The fourth-order valence-electron chi connectivity index (χ4n) is 1.90. The monoisotopic (exact) mass is 253 g/mol. The molecule has 1 N–H and O–H groups in total. The van der Waals surface area contributed by atoms with Crippen LogP contribution in [0.15, 0.2) is 18.6 Å². The molecular weight excluding hydrogens is 238 g/mol. The highest BCUT2D eigenvalue weighted by molar-refractivity contribution is 6.33. The first-order valence-electron chi connectivity index (χ1n) is 5.82. The van der Waals surface area contributed by atoms with Crippen LogP contribution in [0.3, 0.4) is 0 Å². The van der Waals surface area contributed by atoms with E-state index in [0.29, 0.717) is 11.1 Å². The topological polar surface area (TPSA) is 50.9 Å². The van der Waals surface area contributed by atoms with E-state index in [1.54, 1.807) is 0 Å². The zero-order valence-corrected chi connectivity index (χ0v) is 10.6. The highest BCUT2D eigenvalue weighted by Gasteiger charge is 2.09. The van der Waals surface area contributed by atoms with Crippen molar-refractivity contribution in [2.45, 2.75) is 26.3 Å². The molecule has 0 fully saturated rings. The molecule has 0 amide bonds. The Morgan fingerprint density at radius 2 is 2.29 bits per heavy atom. The summed E-state index contributed by atoms with van der Waals surface area (Å²) in [4.78, 5) is 8.19. The minimum atomic E-state index is 0.242. The summed E-state index contributed by atoms with van der Waals surface area (Å²) in [6.07, 6.45) is 5.38. The molecule has 1 unspecified atom stereocenters. The Hall–Kier alpha value is -1.13. The third kappa shape index (κ3) is 2.58. The molecule has 4 nitrogen and oxygen atoms in total. The molecule has 1 atom stereocenters. The molecule has 2 heterocycles. The van der Waals surface area contributed by atoms with Gasteiger partial charge in [0.15, 0.2) is 0 Å². The number of aliphatic hydroxyl groups excluding tert-OH is 1. The largest absolute Gasteiger partial charge is 0.396 e. The van der Waals surface area contributed by atoms with Gasteiger partial charge in [0.1, 0.15) is 17.1 Å². The molecule has 17 heavy (non-hydrogen) atoms. The molecule has 0 spiro atoms. The van der Waals surface area contributed by atoms with Gasteiger partial charge in [-0.2, -0.15) is 0 Å². The predicted octanol–water partition coefficient (Wildman–Crippen LogP) is 2.49. The number of hydrogen-bond acceptors (Lipinski definition) is 3. The van der Waals surface area contributed by atoms with Gasteiger partial charge in [0.05, 0.1) is 5.39 Å². The van der Waals surface area contributed by atoms with Crippen molar-refractivity contribution in [2.24, 2.45) is 5.92 Å². The number of rotatable bonds is 5. The molecule has 0 aromatic carbocycles. The predicted molar refractivity (Wildman–Crippen MR) is 68.0 cm³/mol. The lowest BCUT2D eigenvalue weighted by atomic mass is 10.0. The fourth-order valence-corrected chi connectivity index (χ4v) is 2.09. The standard InChI is InChI=1S/C12H16ClN3O/c1-2-9(7-17)3-5-16-6-4-10-11(13)14-8-15-12(10)16/h4,6,8-9,17H,2-3,5,7H2,1H3. The van der Waals surface area contributed by atoms with Gasteiger partial charge in [-0.1, -0.05) is 24.9 Å². The van der Waals surface area contributed by atoms with Crippen molar-refractivity contribution in [1.29, 1.82) is 0 Å². The van der Waals surface area contributed by atoms with Crippen LogP contribution in [-0.4, -0.2) is 26.2 Å². The lowest BCUT2D eigenvalue weighted by Crippen LogP contribution is -2.09. The van der Waals surface area contributed by atoms with Crippen LogP contribution in [0.2, 0.25) is 5.15 Å². The normalized spacial score (nSPS) is 13.1. The molecule has 2 aromatic rings. The summed E-state index contributed by atoms with van der Waals surface area (Å²) in [6, 6.07) is 1.93. The zero-order chi connectivity index (χ0) is 12.3. The average molecular weight is 254 g/mol. The second kappa shape index (κ2) is 5.47. The first-order chi connectivity index (χ1) is 8.26. The van der Waals surface area contributed by atoms with Crippen molar-refractivity contribution >= 4 is 22.6 Å². The smallest absolute Gasteiger partial charge is 0.144 e. The van der Waals surface area contributed by atoms with Gasteiger partial charge in [0, 0.05) is 19.3 Å². The molecule has 0 saturated heterocycles. The van der Waals surface area contributed by atoms with Gasteiger partial charge >= 0.3 is 0 Å². The van der Waals surface area contributed by atoms with Gasteiger partial charge in [-0.15, -0.1) is 0 Å². The van der Waals surface area contributed by atoms with Crippen molar-refractivity contribution < 1.29 is 5.11 Å². The van der Waals surface area contributed by atoms with Crippen LogP contribution in [0, 0.1) is 5.92 Å². The van der Waals surface area contributed by atoms with E-state index >= 15 is 0 Å². The summed E-state index contributed by atoms with van der Waals surface area (Å²) in [5.74, 6) is 0.352. The lowest BCUT2D eigenvalue weighted by Gasteiger charge is -2.12. The summed E-state index contributed by atoms with van der Waals surface area (Å²) >= 11 is 5.98. The first-order valence-corrected chi connectivity index (χ1v) is 6.20. The Morgan fingerprint density at radius 3 is 3.00 bits per heavy atom. The number of fused-ring (bicyclic) bond motifs is 1. The van der Waals surface area contributed by atoms with E-state index in [2.05, 4.69) is 21.5 Å². The van der Waals surface area contributed by atoms with Gasteiger partial charge in [-0.05, 0) is 18.4 Å². The number of aliphatic hydroxyl groups is 1. The lowest BCUT2D eigenvalue weighted by molar-refractivity contribution is 0.210. The number of halogens is 1. The van der Waals surface area contributed by atoms with Crippen LogP contribution in [0.1, 0.15) is 19.8 Å². The van der Waals surface area contributed by atoms with Gasteiger partial charge in [-0.25, -0.2) is 9.97 Å². The van der Waals surface area contributed by atoms with Crippen molar-refractivity contribution in [3.05, 3.63) is 23.7 Å². The molecule has 0 aliphatic heterocycles. The molecule has 2 rings (SSSR count). The summed E-state index contributed by atoms with van der Waals surface area (Å²) in [7, 11) is 0. The van der Waals surface area contributed by atoms with Crippen molar-refractivity contribution in [3.8, 4) is 0 Å². The van der Waals surface area contributed by atoms with Gasteiger partial charge in [-0.3, -0.25) is 0 Å². The van der Waals surface area contributed by atoms with E-state index in [4.69, 9.17) is 16.7 Å². The van der Waals surface area contributed by atoms with Crippen LogP contribution in [0.4, 0.5) is 0 Å². The molecule has 0 saturated carbocycles. The summed E-state index contributed by atoms with van der Waals surface area (Å²) in [5, 5.41) is 10.5. The minimum Gasteiger partial charge on any atom is -0.396 e. The molecule has 92 valence electrons. The zero-order valence-electron chi connectivity index (χ0n) is 9.80. The molecule has 0 radical (unpaired) electrons. The van der Waals surface area contributed by atoms with Gasteiger partial charge in [0.2, 0.25) is 0 Å².